The second-order valence-electron chi connectivity index (χ2n) is 4.64. The van der Waals surface area contributed by atoms with E-state index in [0.29, 0.717) is 12.8 Å². The molecule has 2 nitrogen and oxygen atoms in total. The van der Waals surface area contributed by atoms with Gasteiger partial charge in [0.1, 0.15) is 6.10 Å². The van der Waals surface area contributed by atoms with E-state index in [9.17, 15) is 9.90 Å². The highest BCUT2D eigenvalue weighted by molar-refractivity contribution is 5.82. The normalized spacial score (nSPS) is 12.7. The minimum absolute atomic E-state index is 0.0487. The van der Waals surface area contributed by atoms with Gasteiger partial charge >= 0.3 is 0 Å². The van der Waals surface area contributed by atoms with Gasteiger partial charge in [0.2, 0.25) is 0 Å². The van der Waals surface area contributed by atoms with Gasteiger partial charge in [-0.2, -0.15) is 0 Å². The molecule has 2 heteroatoms. The Morgan fingerprint density at radius 3 is 2.06 bits per heavy atom. The van der Waals surface area contributed by atoms with Crippen LogP contribution < -0.4 is 0 Å². The predicted octanol–water partition coefficient (Wildman–Crippen LogP) is 3.86. The summed E-state index contributed by atoms with van der Waals surface area (Å²) < 4.78 is 0. The van der Waals surface area contributed by atoms with Crippen LogP contribution in [0.5, 0.6) is 0 Å². The van der Waals surface area contributed by atoms with Gasteiger partial charge in [0.25, 0.3) is 0 Å². The van der Waals surface area contributed by atoms with Gasteiger partial charge in [0, 0.05) is 6.42 Å². The highest BCUT2D eigenvalue weighted by Crippen LogP contribution is 2.10. The molecule has 0 unspecified atom stereocenters. The van der Waals surface area contributed by atoms with Crippen LogP contribution in [-0.2, 0) is 4.79 Å². The van der Waals surface area contributed by atoms with Crippen molar-refractivity contribution in [2.75, 3.05) is 0 Å². The molecule has 1 atom stereocenters. The third kappa shape index (κ3) is 8.90. The third-order valence-corrected chi connectivity index (χ3v) is 2.98. The lowest BCUT2D eigenvalue weighted by molar-refractivity contribution is -0.127. The summed E-state index contributed by atoms with van der Waals surface area (Å²) in [7, 11) is 0. The van der Waals surface area contributed by atoms with Gasteiger partial charge in [0.05, 0.1) is 0 Å². The number of carbonyl (C=O) groups is 1. The summed E-state index contributed by atoms with van der Waals surface area (Å²) in [6.45, 7) is 4.32. The maximum atomic E-state index is 11.5. The van der Waals surface area contributed by atoms with Gasteiger partial charge in [-0.3, -0.25) is 4.79 Å². The number of unbranched alkanes of at least 4 members (excludes halogenated alkanes) is 6. The zero-order valence-corrected chi connectivity index (χ0v) is 11.0. The van der Waals surface area contributed by atoms with Crippen molar-refractivity contribution in [2.24, 2.45) is 0 Å². The molecule has 0 saturated heterocycles. The smallest absolute Gasteiger partial charge is 0.161 e. The van der Waals surface area contributed by atoms with Crippen LogP contribution in [0.25, 0.3) is 0 Å². The van der Waals surface area contributed by atoms with E-state index in [1.807, 2.05) is 0 Å². The summed E-state index contributed by atoms with van der Waals surface area (Å²) >= 11 is 0. The van der Waals surface area contributed by atoms with Gasteiger partial charge in [-0.1, -0.05) is 58.8 Å². The first-order valence-electron chi connectivity index (χ1n) is 6.93. The number of ketones is 1. The fourth-order valence-corrected chi connectivity index (χ4v) is 1.82. The summed E-state index contributed by atoms with van der Waals surface area (Å²) in [4.78, 5) is 11.5. The third-order valence-electron chi connectivity index (χ3n) is 2.98. The molecule has 0 aromatic rings. The maximum Gasteiger partial charge on any atom is 0.161 e. The second kappa shape index (κ2) is 11.1. The first kappa shape index (κ1) is 15.6. The standard InChI is InChI=1S/C14H28O2/c1-3-5-7-9-11-13(15)14(16)12-10-8-6-4-2/h13,15H,3-12H2,1-2H3/t13-/m0/s1. The molecule has 96 valence electrons. The molecule has 1 N–H and O–H groups in total. The predicted molar refractivity (Wildman–Crippen MR) is 68.5 cm³/mol. The van der Waals surface area contributed by atoms with E-state index in [-0.39, 0.29) is 5.78 Å². The minimum atomic E-state index is -0.696. The van der Waals surface area contributed by atoms with Crippen molar-refractivity contribution >= 4 is 5.78 Å². The van der Waals surface area contributed by atoms with Gasteiger partial charge in [-0.15, -0.1) is 0 Å². The number of carbonyl (C=O) groups excluding carboxylic acids is 1. The largest absolute Gasteiger partial charge is 0.385 e. The molecule has 0 heterocycles. The van der Waals surface area contributed by atoms with Crippen molar-refractivity contribution in [1.29, 1.82) is 0 Å². The highest BCUT2D eigenvalue weighted by atomic mass is 16.3. The topological polar surface area (TPSA) is 37.3 Å². The first-order chi connectivity index (χ1) is 7.72. The number of hydrogen-bond acceptors (Lipinski definition) is 2. The first-order valence-corrected chi connectivity index (χ1v) is 6.93. The van der Waals surface area contributed by atoms with Crippen LogP contribution in [0, 0.1) is 0 Å². The zero-order valence-electron chi connectivity index (χ0n) is 11.0. The van der Waals surface area contributed by atoms with E-state index in [2.05, 4.69) is 13.8 Å². The molecule has 0 aromatic heterocycles. The summed E-state index contributed by atoms with van der Waals surface area (Å²) in [6.07, 6.45) is 9.49. The van der Waals surface area contributed by atoms with Crippen molar-refractivity contribution < 1.29 is 9.90 Å². The van der Waals surface area contributed by atoms with Crippen LogP contribution >= 0.6 is 0 Å². The SMILES string of the molecule is CCCCCCC(=O)[C@@H](O)CCCCCC. The number of rotatable bonds is 11. The van der Waals surface area contributed by atoms with Gasteiger partial charge < -0.3 is 5.11 Å². The van der Waals surface area contributed by atoms with Crippen molar-refractivity contribution in [1.82, 2.24) is 0 Å². The summed E-state index contributed by atoms with van der Waals surface area (Å²) in [5, 5.41) is 9.62. The van der Waals surface area contributed by atoms with Crippen LogP contribution in [0.1, 0.15) is 78.1 Å². The van der Waals surface area contributed by atoms with Crippen molar-refractivity contribution in [3.63, 3.8) is 0 Å². The van der Waals surface area contributed by atoms with E-state index in [0.717, 1.165) is 25.7 Å². The molecule has 0 aliphatic heterocycles. The molecule has 0 spiro atoms. The average Bonchev–Trinajstić information content (AvgIpc) is 2.29. The van der Waals surface area contributed by atoms with E-state index in [1.54, 1.807) is 0 Å². The van der Waals surface area contributed by atoms with Crippen LogP contribution in [0.3, 0.4) is 0 Å². The molecule has 0 fully saturated rings. The Hall–Kier alpha value is -0.370. The van der Waals surface area contributed by atoms with E-state index in [4.69, 9.17) is 0 Å². The van der Waals surface area contributed by atoms with Gasteiger partial charge in [0.15, 0.2) is 5.78 Å². The van der Waals surface area contributed by atoms with E-state index < -0.39 is 6.10 Å². The summed E-state index contributed by atoms with van der Waals surface area (Å²) in [6, 6.07) is 0. The average molecular weight is 228 g/mol. The molecule has 16 heavy (non-hydrogen) atoms. The van der Waals surface area contributed by atoms with Gasteiger partial charge in [-0.25, -0.2) is 0 Å². The van der Waals surface area contributed by atoms with Crippen molar-refractivity contribution in [3.8, 4) is 0 Å². The molecule has 0 aliphatic carbocycles. The molecular formula is C14H28O2. The summed E-state index contributed by atoms with van der Waals surface area (Å²) in [5.74, 6) is 0.0487. The van der Waals surface area contributed by atoms with E-state index in [1.165, 1.54) is 25.7 Å². The Morgan fingerprint density at radius 1 is 0.938 bits per heavy atom. The van der Waals surface area contributed by atoms with Crippen molar-refractivity contribution in [3.05, 3.63) is 0 Å². The molecular weight excluding hydrogens is 200 g/mol. The number of aliphatic hydroxyl groups excluding tert-OH is 1. The van der Waals surface area contributed by atoms with E-state index >= 15 is 0 Å². The monoisotopic (exact) mass is 228 g/mol. The fraction of sp³-hybridized carbons (Fsp3) is 0.929. The summed E-state index contributed by atoms with van der Waals surface area (Å²) in [5.41, 5.74) is 0. The molecule has 0 bridgehead atoms. The Kier molecular flexibility index (Phi) is 10.9. The lowest BCUT2D eigenvalue weighted by Gasteiger charge is -2.09. The maximum absolute atomic E-state index is 11.5. The molecule has 0 radical (unpaired) electrons. The zero-order chi connectivity index (χ0) is 12.2. The fourth-order valence-electron chi connectivity index (χ4n) is 1.82. The Labute approximate surface area is 100 Å². The molecule has 0 saturated carbocycles. The molecule has 0 rings (SSSR count). The Bertz CT molecular complexity index is 166. The van der Waals surface area contributed by atoms with Crippen LogP contribution in [-0.4, -0.2) is 17.0 Å². The van der Waals surface area contributed by atoms with Crippen molar-refractivity contribution in [2.45, 2.75) is 84.2 Å². The molecule has 0 aliphatic rings. The lowest BCUT2D eigenvalue weighted by atomic mass is 10.0. The Morgan fingerprint density at radius 2 is 1.50 bits per heavy atom. The molecule has 0 aromatic carbocycles. The number of aliphatic hydroxyl groups is 1. The highest BCUT2D eigenvalue weighted by Gasteiger charge is 2.13. The number of hydrogen-bond donors (Lipinski definition) is 1. The van der Waals surface area contributed by atoms with Crippen LogP contribution in [0.2, 0.25) is 0 Å². The number of Topliss-reactive ketones (excluding diaryl/α,β-unsaturated/α-hetero) is 1. The minimum Gasteiger partial charge on any atom is -0.385 e. The Balaban J connectivity index is 3.42. The van der Waals surface area contributed by atoms with Crippen LogP contribution in [0.4, 0.5) is 0 Å². The lowest BCUT2D eigenvalue weighted by Crippen LogP contribution is -2.19. The second-order valence-corrected chi connectivity index (χ2v) is 4.64. The molecule has 0 amide bonds. The van der Waals surface area contributed by atoms with Crippen LogP contribution in [0.15, 0.2) is 0 Å². The van der Waals surface area contributed by atoms with Gasteiger partial charge in [-0.05, 0) is 12.8 Å². The quantitative estimate of drug-likeness (QED) is 0.545.